The van der Waals surface area contributed by atoms with Gasteiger partial charge in [-0.05, 0) is 49.7 Å². The molecule has 2 aromatic heterocycles. The van der Waals surface area contributed by atoms with Crippen LogP contribution in [0.3, 0.4) is 0 Å². The Bertz CT molecular complexity index is 1080. The second-order valence-electron chi connectivity index (χ2n) is 7.68. The van der Waals surface area contributed by atoms with E-state index in [9.17, 15) is 9.59 Å². The molecule has 1 amide bonds. The number of thiazole rings is 1. The van der Waals surface area contributed by atoms with Gasteiger partial charge in [-0.2, -0.15) is 0 Å². The Hall–Kier alpha value is -2.47. The highest BCUT2D eigenvalue weighted by Gasteiger charge is 2.25. The first kappa shape index (κ1) is 16.7. The number of H-pyrrole nitrogens is 1. The average molecular weight is 379 g/mol. The highest BCUT2D eigenvalue weighted by atomic mass is 32.1. The SMILES string of the molecule is CC1CCc2[nH]c3c(C(=O)Nc4nc5c(s4)C(=O)CCC5)cccc3c2C1. The lowest BCUT2D eigenvalue weighted by Gasteiger charge is -2.17. The van der Waals surface area contributed by atoms with Gasteiger partial charge in [-0.25, -0.2) is 4.98 Å². The molecule has 0 fully saturated rings. The minimum absolute atomic E-state index is 0.141. The summed E-state index contributed by atoms with van der Waals surface area (Å²) >= 11 is 1.30. The molecular formula is C21H21N3O2S. The van der Waals surface area contributed by atoms with E-state index >= 15 is 0 Å². The van der Waals surface area contributed by atoms with Gasteiger partial charge in [-0.3, -0.25) is 14.9 Å². The average Bonchev–Trinajstić information content (AvgIpc) is 3.23. The zero-order valence-electron chi connectivity index (χ0n) is 15.2. The van der Waals surface area contributed by atoms with E-state index in [0.717, 1.165) is 42.3 Å². The van der Waals surface area contributed by atoms with Crippen molar-refractivity contribution in [1.82, 2.24) is 9.97 Å². The van der Waals surface area contributed by atoms with Gasteiger partial charge in [-0.1, -0.05) is 30.4 Å². The fourth-order valence-electron chi connectivity index (χ4n) is 4.29. The number of amides is 1. The Morgan fingerprint density at radius 3 is 3.04 bits per heavy atom. The van der Waals surface area contributed by atoms with Crippen molar-refractivity contribution >= 4 is 39.1 Å². The van der Waals surface area contributed by atoms with Crippen molar-refractivity contribution in [3.8, 4) is 0 Å². The third-order valence-electron chi connectivity index (χ3n) is 5.70. The number of nitrogens with one attached hydrogen (secondary N) is 2. The number of hydrogen-bond donors (Lipinski definition) is 2. The fraction of sp³-hybridized carbons (Fsp3) is 0.381. The topological polar surface area (TPSA) is 74.8 Å². The summed E-state index contributed by atoms with van der Waals surface area (Å²) in [4.78, 5) is 33.7. The van der Waals surface area contributed by atoms with E-state index in [1.165, 1.54) is 29.0 Å². The molecule has 138 valence electrons. The van der Waals surface area contributed by atoms with Crippen LogP contribution in [0.15, 0.2) is 18.2 Å². The molecule has 5 nitrogen and oxygen atoms in total. The first-order valence-electron chi connectivity index (χ1n) is 9.57. The number of benzene rings is 1. The van der Waals surface area contributed by atoms with Crippen LogP contribution in [0.1, 0.15) is 63.2 Å². The van der Waals surface area contributed by atoms with Gasteiger partial charge < -0.3 is 4.98 Å². The van der Waals surface area contributed by atoms with E-state index in [-0.39, 0.29) is 11.7 Å². The molecule has 0 radical (unpaired) electrons. The molecule has 2 aliphatic rings. The van der Waals surface area contributed by atoms with E-state index in [1.807, 2.05) is 12.1 Å². The minimum Gasteiger partial charge on any atom is -0.358 e. The predicted octanol–water partition coefficient (Wildman–Crippen LogP) is 4.52. The molecule has 0 aliphatic heterocycles. The molecular weight excluding hydrogens is 358 g/mol. The maximum atomic E-state index is 13.0. The molecule has 1 aromatic carbocycles. The number of ketones is 1. The van der Waals surface area contributed by atoms with Crippen molar-refractivity contribution < 1.29 is 9.59 Å². The van der Waals surface area contributed by atoms with Crippen molar-refractivity contribution in [1.29, 1.82) is 0 Å². The fourth-order valence-corrected chi connectivity index (χ4v) is 5.27. The molecule has 6 heteroatoms. The number of nitrogens with zero attached hydrogens (tertiary/aromatic N) is 1. The summed E-state index contributed by atoms with van der Waals surface area (Å²) < 4.78 is 0. The Kier molecular flexibility index (Phi) is 3.90. The molecule has 2 N–H and O–H groups in total. The van der Waals surface area contributed by atoms with Crippen LogP contribution in [0.2, 0.25) is 0 Å². The van der Waals surface area contributed by atoms with Gasteiger partial charge in [0.25, 0.3) is 5.91 Å². The minimum atomic E-state index is -0.175. The third-order valence-corrected chi connectivity index (χ3v) is 6.76. The van der Waals surface area contributed by atoms with E-state index in [0.29, 0.717) is 27.9 Å². The van der Waals surface area contributed by atoms with Crippen LogP contribution in [0.25, 0.3) is 10.9 Å². The van der Waals surface area contributed by atoms with E-state index in [2.05, 4.69) is 28.3 Å². The number of carbonyl (C=O) groups is 2. The summed E-state index contributed by atoms with van der Waals surface area (Å²) in [6, 6.07) is 5.89. The maximum absolute atomic E-state index is 13.0. The summed E-state index contributed by atoms with van der Waals surface area (Å²) in [5.41, 5.74) is 4.99. The molecule has 1 atom stereocenters. The van der Waals surface area contributed by atoms with Gasteiger partial charge in [0.2, 0.25) is 0 Å². The highest BCUT2D eigenvalue weighted by molar-refractivity contribution is 7.17. The van der Waals surface area contributed by atoms with Gasteiger partial charge >= 0.3 is 0 Å². The number of Topliss-reactive ketones (excluding diaryl/α,β-unsaturated/α-hetero) is 1. The van der Waals surface area contributed by atoms with Gasteiger partial charge in [0.05, 0.1) is 21.7 Å². The first-order valence-corrected chi connectivity index (χ1v) is 10.4. The number of carbonyl (C=O) groups excluding carboxylic acids is 2. The summed E-state index contributed by atoms with van der Waals surface area (Å²) in [6.07, 6.45) is 5.50. The summed E-state index contributed by atoms with van der Waals surface area (Å²) in [7, 11) is 0. The number of aryl methyl sites for hydroxylation is 2. The smallest absolute Gasteiger partial charge is 0.259 e. The van der Waals surface area contributed by atoms with Gasteiger partial charge in [0.15, 0.2) is 10.9 Å². The van der Waals surface area contributed by atoms with E-state index in [1.54, 1.807) is 0 Å². The number of aromatic amines is 1. The number of para-hydroxylation sites is 1. The standard InChI is InChI=1S/C21H21N3O2S/c1-11-8-9-15-14(10-11)12-4-2-5-13(18(12)22-15)20(26)24-21-23-16-6-3-7-17(25)19(16)27-21/h2,4-5,11,22H,3,6-10H2,1H3,(H,23,24,26). The first-order chi connectivity index (χ1) is 13.1. The molecule has 2 aliphatic carbocycles. The maximum Gasteiger partial charge on any atom is 0.259 e. The lowest BCUT2D eigenvalue weighted by Crippen LogP contribution is -2.12. The van der Waals surface area contributed by atoms with Crippen molar-refractivity contribution in [3.63, 3.8) is 0 Å². The molecule has 0 saturated heterocycles. The monoisotopic (exact) mass is 379 g/mol. The lowest BCUT2D eigenvalue weighted by molar-refractivity contribution is 0.0975. The van der Waals surface area contributed by atoms with Crippen molar-refractivity contribution in [2.24, 2.45) is 5.92 Å². The van der Waals surface area contributed by atoms with Crippen LogP contribution in [-0.4, -0.2) is 21.7 Å². The molecule has 3 aromatic rings. The molecule has 0 spiro atoms. The van der Waals surface area contributed by atoms with Crippen molar-refractivity contribution in [2.45, 2.75) is 45.4 Å². The van der Waals surface area contributed by atoms with E-state index in [4.69, 9.17) is 0 Å². The van der Waals surface area contributed by atoms with Crippen LogP contribution < -0.4 is 5.32 Å². The Morgan fingerprint density at radius 1 is 1.30 bits per heavy atom. The summed E-state index contributed by atoms with van der Waals surface area (Å²) in [5, 5.41) is 4.58. The van der Waals surface area contributed by atoms with Crippen LogP contribution in [0.4, 0.5) is 5.13 Å². The molecule has 1 unspecified atom stereocenters. The normalized spacial score (nSPS) is 19.0. The lowest BCUT2D eigenvalue weighted by atomic mass is 9.87. The van der Waals surface area contributed by atoms with Crippen LogP contribution >= 0.6 is 11.3 Å². The van der Waals surface area contributed by atoms with Crippen LogP contribution in [0.5, 0.6) is 0 Å². The Labute approximate surface area is 161 Å². The van der Waals surface area contributed by atoms with Gasteiger partial charge in [0.1, 0.15) is 0 Å². The Morgan fingerprint density at radius 2 is 2.19 bits per heavy atom. The summed E-state index contributed by atoms with van der Waals surface area (Å²) in [5.74, 6) is 0.640. The Balaban J connectivity index is 1.49. The predicted molar refractivity (Wildman–Crippen MR) is 107 cm³/mol. The van der Waals surface area contributed by atoms with Crippen LogP contribution in [-0.2, 0) is 19.3 Å². The molecule has 5 rings (SSSR count). The third kappa shape index (κ3) is 2.79. The number of fused-ring (bicyclic) bond motifs is 4. The molecule has 2 heterocycles. The molecule has 0 saturated carbocycles. The second-order valence-corrected chi connectivity index (χ2v) is 8.68. The largest absolute Gasteiger partial charge is 0.358 e. The van der Waals surface area contributed by atoms with Gasteiger partial charge in [0, 0.05) is 17.5 Å². The van der Waals surface area contributed by atoms with Gasteiger partial charge in [-0.15, -0.1) is 0 Å². The van der Waals surface area contributed by atoms with Crippen molar-refractivity contribution in [2.75, 3.05) is 5.32 Å². The van der Waals surface area contributed by atoms with E-state index < -0.39 is 0 Å². The van der Waals surface area contributed by atoms with Crippen LogP contribution in [0, 0.1) is 5.92 Å². The zero-order valence-corrected chi connectivity index (χ0v) is 16.0. The molecule has 0 bridgehead atoms. The zero-order chi connectivity index (χ0) is 18.5. The number of anilines is 1. The van der Waals surface area contributed by atoms with Crippen molar-refractivity contribution in [3.05, 3.63) is 45.6 Å². The number of aromatic nitrogens is 2. The number of rotatable bonds is 2. The highest BCUT2D eigenvalue weighted by Crippen LogP contribution is 2.34. The second kappa shape index (κ2) is 6.30. The quantitative estimate of drug-likeness (QED) is 0.687. The number of hydrogen-bond acceptors (Lipinski definition) is 4. The molecule has 27 heavy (non-hydrogen) atoms. The summed E-state index contributed by atoms with van der Waals surface area (Å²) in [6.45, 7) is 2.28.